The van der Waals surface area contributed by atoms with Crippen LogP contribution < -0.4 is 5.32 Å². The molecule has 3 atom stereocenters. The fraction of sp³-hybridized carbons (Fsp3) is 0.857. The SMILES string of the molecule is CCCC/C=C\CCCCCC(CC(=O)NC(CO)C(O)CCCCCCCCCCCCCCCCCC)OC(=O)CCCCCCC/C=C/C=C/CCCCCCCCC. The lowest BCUT2D eigenvalue weighted by atomic mass is 10.0. The van der Waals surface area contributed by atoms with Gasteiger partial charge in [0.25, 0.3) is 0 Å². The van der Waals surface area contributed by atoms with Crippen molar-refractivity contribution >= 4 is 11.9 Å². The third kappa shape index (κ3) is 44.7. The molecule has 0 aliphatic heterocycles. The van der Waals surface area contributed by atoms with E-state index in [9.17, 15) is 19.8 Å². The Morgan fingerprint density at radius 3 is 1.31 bits per heavy atom. The number of carbonyl (C=O) groups is 2. The summed E-state index contributed by atoms with van der Waals surface area (Å²) in [7, 11) is 0. The Kier molecular flexibility index (Phi) is 48.5. The molecular formula is C56H105NO5. The lowest BCUT2D eigenvalue weighted by Gasteiger charge is -2.24. The molecule has 0 radical (unpaired) electrons. The molecule has 0 aliphatic carbocycles. The maximum atomic E-state index is 13.2. The monoisotopic (exact) mass is 872 g/mol. The number of amides is 1. The molecule has 3 N–H and O–H groups in total. The van der Waals surface area contributed by atoms with Crippen molar-refractivity contribution in [3.63, 3.8) is 0 Å². The smallest absolute Gasteiger partial charge is 0.306 e. The number of hydrogen-bond acceptors (Lipinski definition) is 5. The number of unbranched alkanes of at least 4 members (excludes halogenated alkanes) is 32. The van der Waals surface area contributed by atoms with Crippen LogP contribution in [-0.2, 0) is 14.3 Å². The molecule has 3 unspecified atom stereocenters. The van der Waals surface area contributed by atoms with Gasteiger partial charge in [0.1, 0.15) is 6.10 Å². The van der Waals surface area contributed by atoms with Crippen molar-refractivity contribution in [2.75, 3.05) is 6.61 Å². The van der Waals surface area contributed by atoms with Crippen LogP contribution in [0.1, 0.15) is 284 Å². The number of aliphatic hydroxyl groups excluding tert-OH is 2. The van der Waals surface area contributed by atoms with Crippen LogP contribution in [0.25, 0.3) is 0 Å². The number of rotatable bonds is 49. The molecule has 0 spiro atoms. The van der Waals surface area contributed by atoms with Gasteiger partial charge in [-0.05, 0) is 70.6 Å². The second kappa shape index (κ2) is 50.1. The first-order chi connectivity index (χ1) is 30.5. The second-order valence-corrected chi connectivity index (χ2v) is 18.7. The van der Waals surface area contributed by atoms with Crippen molar-refractivity contribution in [1.29, 1.82) is 0 Å². The van der Waals surface area contributed by atoms with E-state index in [4.69, 9.17) is 4.74 Å². The van der Waals surface area contributed by atoms with Gasteiger partial charge in [0.05, 0.1) is 25.2 Å². The minimum atomic E-state index is -0.792. The Bertz CT molecular complexity index is 1020. The van der Waals surface area contributed by atoms with E-state index >= 15 is 0 Å². The molecule has 0 aromatic heterocycles. The van der Waals surface area contributed by atoms with Gasteiger partial charge in [0.2, 0.25) is 5.91 Å². The molecule has 364 valence electrons. The molecule has 0 aliphatic rings. The van der Waals surface area contributed by atoms with E-state index in [2.05, 4.69) is 62.5 Å². The number of allylic oxidation sites excluding steroid dienone is 6. The molecule has 0 saturated carbocycles. The van der Waals surface area contributed by atoms with Crippen LogP contribution in [0.2, 0.25) is 0 Å². The lowest BCUT2D eigenvalue weighted by Crippen LogP contribution is -2.46. The molecule has 0 heterocycles. The van der Waals surface area contributed by atoms with E-state index in [-0.39, 0.29) is 24.9 Å². The van der Waals surface area contributed by atoms with E-state index in [0.717, 1.165) is 83.5 Å². The zero-order chi connectivity index (χ0) is 45.2. The predicted molar refractivity (Wildman–Crippen MR) is 269 cm³/mol. The zero-order valence-corrected chi connectivity index (χ0v) is 41.5. The molecule has 0 fully saturated rings. The van der Waals surface area contributed by atoms with Gasteiger partial charge >= 0.3 is 5.97 Å². The van der Waals surface area contributed by atoms with Gasteiger partial charge in [-0.15, -0.1) is 0 Å². The fourth-order valence-corrected chi connectivity index (χ4v) is 8.29. The summed E-state index contributed by atoms with van der Waals surface area (Å²) in [6.45, 7) is 6.45. The van der Waals surface area contributed by atoms with Crippen LogP contribution in [0, 0.1) is 0 Å². The van der Waals surface area contributed by atoms with Crippen molar-refractivity contribution in [3.05, 3.63) is 36.5 Å². The van der Waals surface area contributed by atoms with E-state index in [0.29, 0.717) is 19.3 Å². The third-order valence-corrected chi connectivity index (χ3v) is 12.5. The number of esters is 1. The number of carbonyl (C=O) groups excluding carboxylic acids is 2. The van der Waals surface area contributed by atoms with Gasteiger partial charge in [-0.25, -0.2) is 0 Å². The topological polar surface area (TPSA) is 95.9 Å². The zero-order valence-electron chi connectivity index (χ0n) is 41.5. The number of hydrogen-bond donors (Lipinski definition) is 3. The summed E-state index contributed by atoms with van der Waals surface area (Å²) in [6, 6.07) is -0.707. The van der Waals surface area contributed by atoms with Crippen LogP contribution in [-0.4, -0.2) is 46.9 Å². The van der Waals surface area contributed by atoms with E-state index in [1.54, 1.807) is 0 Å². The first-order valence-electron chi connectivity index (χ1n) is 27.2. The highest BCUT2D eigenvalue weighted by atomic mass is 16.5. The summed E-state index contributed by atoms with van der Waals surface area (Å²) in [4.78, 5) is 26.1. The summed E-state index contributed by atoms with van der Waals surface area (Å²) >= 11 is 0. The molecule has 0 aromatic rings. The average molecular weight is 872 g/mol. The highest BCUT2D eigenvalue weighted by molar-refractivity contribution is 5.77. The maximum absolute atomic E-state index is 13.2. The maximum Gasteiger partial charge on any atom is 0.306 e. The Morgan fingerprint density at radius 1 is 0.468 bits per heavy atom. The first kappa shape index (κ1) is 60.1. The Labute approximate surface area is 385 Å². The van der Waals surface area contributed by atoms with Crippen LogP contribution in [0.4, 0.5) is 0 Å². The van der Waals surface area contributed by atoms with Crippen molar-refractivity contribution in [1.82, 2.24) is 5.32 Å². The molecule has 6 nitrogen and oxygen atoms in total. The van der Waals surface area contributed by atoms with Gasteiger partial charge in [0.15, 0.2) is 0 Å². The predicted octanol–water partition coefficient (Wildman–Crippen LogP) is 16.5. The normalized spacial score (nSPS) is 13.4. The molecule has 0 rings (SSSR count). The summed E-state index contributed by atoms with van der Waals surface area (Å²) in [5, 5.41) is 23.8. The van der Waals surface area contributed by atoms with Gasteiger partial charge in [-0.1, -0.05) is 237 Å². The average Bonchev–Trinajstić information content (AvgIpc) is 3.26. The largest absolute Gasteiger partial charge is 0.462 e. The number of ether oxygens (including phenoxy) is 1. The summed E-state index contributed by atoms with van der Waals surface area (Å²) in [5.74, 6) is -0.500. The molecule has 62 heavy (non-hydrogen) atoms. The van der Waals surface area contributed by atoms with Crippen molar-refractivity contribution in [2.45, 2.75) is 302 Å². The first-order valence-corrected chi connectivity index (χ1v) is 27.2. The van der Waals surface area contributed by atoms with E-state index in [1.165, 1.54) is 154 Å². The molecule has 1 amide bonds. The highest BCUT2D eigenvalue weighted by Crippen LogP contribution is 2.18. The molecular weight excluding hydrogens is 767 g/mol. The second-order valence-electron chi connectivity index (χ2n) is 18.7. The third-order valence-electron chi connectivity index (χ3n) is 12.5. The highest BCUT2D eigenvalue weighted by Gasteiger charge is 2.24. The van der Waals surface area contributed by atoms with Gasteiger partial charge in [-0.3, -0.25) is 9.59 Å². The summed E-state index contributed by atoms with van der Waals surface area (Å²) in [6.07, 6.45) is 59.3. The van der Waals surface area contributed by atoms with Gasteiger partial charge in [0, 0.05) is 6.42 Å². The molecule has 0 aromatic carbocycles. The van der Waals surface area contributed by atoms with E-state index in [1.807, 2.05) is 0 Å². The van der Waals surface area contributed by atoms with E-state index < -0.39 is 18.2 Å². The summed E-state index contributed by atoms with van der Waals surface area (Å²) < 4.78 is 5.91. The van der Waals surface area contributed by atoms with Crippen molar-refractivity contribution < 1.29 is 24.5 Å². The van der Waals surface area contributed by atoms with Crippen LogP contribution in [0.15, 0.2) is 36.5 Å². The number of aliphatic hydroxyl groups is 2. The fourth-order valence-electron chi connectivity index (χ4n) is 8.29. The van der Waals surface area contributed by atoms with Gasteiger partial charge in [-0.2, -0.15) is 0 Å². The van der Waals surface area contributed by atoms with Crippen LogP contribution >= 0.6 is 0 Å². The molecule has 6 heteroatoms. The van der Waals surface area contributed by atoms with Gasteiger partial charge < -0.3 is 20.3 Å². The molecule has 0 bridgehead atoms. The molecule has 0 saturated heterocycles. The standard InChI is InChI=1S/C56H105NO5/c1-4-7-10-13-16-19-21-23-25-27-28-30-32-34-37-40-43-46-49-56(61)62-52(47-44-41-38-35-18-15-12-9-6-3)50-55(60)57-53(51-58)54(59)48-45-42-39-36-33-31-29-26-24-22-20-17-14-11-8-5-2/h15,18,25,27-28,30,52-54,58-59H,4-14,16-17,19-24,26,29,31-51H2,1-3H3,(H,57,60)/b18-15-,27-25+,30-28+. The Balaban J connectivity index is 4.43. The lowest BCUT2D eigenvalue weighted by molar-refractivity contribution is -0.151. The van der Waals surface area contributed by atoms with Crippen LogP contribution in [0.3, 0.4) is 0 Å². The minimum Gasteiger partial charge on any atom is -0.462 e. The number of nitrogens with one attached hydrogen (secondary N) is 1. The Morgan fingerprint density at radius 2 is 0.839 bits per heavy atom. The Hall–Kier alpha value is -1.92. The minimum absolute atomic E-state index is 0.0623. The quantitative estimate of drug-likeness (QED) is 0.0245. The van der Waals surface area contributed by atoms with Crippen LogP contribution in [0.5, 0.6) is 0 Å². The summed E-state index contributed by atoms with van der Waals surface area (Å²) in [5.41, 5.74) is 0. The van der Waals surface area contributed by atoms with Crippen molar-refractivity contribution in [3.8, 4) is 0 Å². The van der Waals surface area contributed by atoms with Crippen molar-refractivity contribution in [2.24, 2.45) is 0 Å².